The van der Waals surface area contributed by atoms with Crippen molar-refractivity contribution >= 4 is 28.9 Å². The molecule has 7 heteroatoms. The Hall–Kier alpha value is -1.82. The first kappa shape index (κ1) is 13.2. The average molecular weight is 259 g/mol. The van der Waals surface area contributed by atoms with Gasteiger partial charge in [0.05, 0.1) is 17.7 Å². The molecule has 0 aliphatic rings. The van der Waals surface area contributed by atoms with Crippen LogP contribution in [-0.4, -0.2) is 30.9 Å². The number of amides is 1. The third-order valence-electron chi connectivity index (χ3n) is 2.22. The summed E-state index contributed by atoms with van der Waals surface area (Å²) in [6, 6.07) is 4.01. The van der Waals surface area contributed by atoms with Crippen LogP contribution in [-0.2, 0) is 4.79 Å². The lowest BCUT2D eigenvalue weighted by molar-refractivity contribution is -0.384. The lowest BCUT2D eigenvalue weighted by atomic mass is 10.2. The first-order chi connectivity index (χ1) is 8.01. The van der Waals surface area contributed by atoms with Gasteiger partial charge in [-0.2, -0.15) is 0 Å². The second-order valence-electron chi connectivity index (χ2n) is 3.20. The first-order valence-corrected chi connectivity index (χ1v) is 5.19. The average Bonchev–Trinajstić information content (AvgIpc) is 2.35. The molecule has 0 aromatic heterocycles. The molecule has 1 rings (SSSR count). The molecular weight excluding hydrogens is 248 g/mol. The van der Waals surface area contributed by atoms with Crippen LogP contribution in [0, 0.1) is 10.1 Å². The van der Waals surface area contributed by atoms with Crippen molar-refractivity contribution in [1.29, 1.82) is 0 Å². The van der Waals surface area contributed by atoms with E-state index in [2.05, 4.69) is 0 Å². The second kappa shape index (κ2) is 5.49. The molecule has 0 aliphatic heterocycles. The maximum absolute atomic E-state index is 11.4. The molecule has 0 atom stereocenters. The molecule has 1 aromatic rings. The van der Waals surface area contributed by atoms with Crippen molar-refractivity contribution < 1.29 is 14.5 Å². The third-order valence-corrected chi connectivity index (χ3v) is 2.45. The Balaban J connectivity index is 3.22. The van der Waals surface area contributed by atoms with Crippen LogP contribution in [0.2, 0.25) is 0 Å². The van der Waals surface area contributed by atoms with Gasteiger partial charge in [0.15, 0.2) is 0 Å². The summed E-state index contributed by atoms with van der Waals surface area (Å²) in [6.45, 7) is 0. The van der Waals surface area contributed by atoms with Crippen molar-refractivity contribution in [2.24, 2.45) is 0 Å². The fourth-order valence-electron chi connectivity index (χ4n) is 1.28. The van der Waals surface area contributed by atoms with Gasteiger partial charge in [0.25, 0.3) is 5.69 Å². The standard InChI is InChI=1S/C10H11ClN2O4/c1-12(10(14)6-11)8-5-7(13(15)16)3-4-9(8)17-2/h3-5H,6H2,1-2H3. The summed E-state index contributed by atoms with van der Waals surface area (Å²) >= 11 is 5.43. The lowest BCUT2D eigenvalue weighted by Gasteiger charge is -2.18. The summed E-state index contributed by atoms with van der Waals surface area (Å²) in [5.74, 6) is -0.204. The van der Waals surface area contributed by atoms with Gasteiger partial charge in [0.1, 0.15) is 11.6 Å². The van der Waals surface area contributed by atoms with E-state index >= 15 is 0 Å². The number of nitro benzene ring substituents is 1. The summed E-state index contributed by atoms with van der Waals surface area (Å²) in [5, 5.41) is 10.7. The van der Waals surface area contributed by atoms with Crippen molar-refractivity contribution in [1.82, 2.24) is 0 Å². The predicted octanol–water partition coefficient (Wildman–Crippen LogP) is 1.80. The molecule has 0 radical (unpaired) electrons. The second-order valence-corrected chi connectivity index (χ2v) is 3.47. The van der Waals surface area contributed by atoms with Gasteiger partial charge in [-0.1, -0.05) is 0 Å². The largest absolute Gasteiger partial charge is 0.495 e. The van der Waals surface area contributed by atoms with E-state index in [-0.39, 0.29) is 17.5 Å². The highest BCUT2D eigenvalue weighted by Gasteiger charge is 2.18. The molecule has 0 aliphatic carbocycles. The molecule has 0 fully saturated rings. The quantitative estimate of drug-likeness (QED) is 0.469. The first-order valence-electron chi connectivity index (χ1n) is 4.66. The highest BCUT2D eigenvalue weighted by atomic mass is 35.5. The molecule has 17 heavy (non-hydrogen) atoms. The predicted molar refractivity (Wildman–Crippen MR) is 63.8 cm³/mol. The molecule has 0 spiro atoms. The van der Waals surface area contributed by atoms with Crippen molar-refractivity contribution in [2.45, 2.75) is 0 Å². The zero-order chi connectivity index (χ0) is 13.0. The van der Waals surface area contributed by atoms with Crippen LogP contribution in [0.25, 0.3) is 0 Å². The SMILES string of the molecule is COc1ccc([N+](=O)[O-])cc1N(C)C(=O)CCl. The highest BCUT2D eigenvalue weighted by Crippen LogP contribution is 2.31. The van der Waals surface area contributed by atoms with Crippen LogP contribution in [0.3, 0.4) is 0 Å². The number of hydrogen-bond acceptors (Lipinski definition) is 4. The minimum Gasteiger partial charge on any atom is -0.495 e. The topological polar surface area (TPSA) is 72.7 Å². The summed E-state index contributed by atoms with van der Waals surface area (Å²) in [4.78, 5) is 22.8. The third kappa shape index (κ3) is 2.85. The van der Waals surface area contributed by atoms with Crippen molar-refractivity contribution in [3.63, 3.8) is 0 Å². The number of carbonyl (C=O) groups excluding carboxylic acids is 1. The van der Waals surface area contributed by atoms with Crippen LogP contribution in [0.15, 0.2) is 18.2 Å². The number of carbonyl (C=O) groups is 1. The molecule has 0 N–H and O–H groups in total. The Labute approximate surface area is 103 Å². The van der Waals surface area contributed by atoms with Gasteiger partial charge in [-0.05, 0) is 6.07 Å². The van der Waals surface area contributed by atoms with E-state index in [0.717, 1.165) is 0 Å². The van der Waals surface area contributed by atoms with Gasteiger partial charge in [-0.3, -0.25) is 14.9 Å². The summed E-state index contributed by atoms with van der Waals surface area (Å²) in [6.07, 6.45) is 0. The number of ether oxygens (including phenoxy) is 1. The maximum atomic E-state index is 11.4. The number of nitrogens with zero attached hydrogens (tertiary/aromatic N) is 2. The Kier molecular flexibility index (Phi) is 4.28. The molecule has 0 saturated heterocycles. The Morgan fingerprint density at radius 3 is 2.71 bits per heavy atom. The molecule has 0 saturated carbocycles. The van der Waals surface area contributed by atoms with Gasteiger partial charge in [0, 0.05) is 19.2 Å². The highest BCUT2D eigenvalue weighted by molar-refractivity contribution is 6.29. The number of rotatable bonds is 4. The van der Waals surface area contributed by atoms with Gasteiger partial charge in [-0.15, -0.1) is 11.6 Å². The van der Waals surface area contributed by atoms with Gasteiger partial charge in [0.2, 0.25) is 5.91 Å². The number of halogens is 1. The number of anilines is 1. The smallest absolute Gasteiger partial charge is 0.271 e. The molecule has 0 bridgehead atoms. The van der Waals surface area contributed by atoms with Crippen LogP contribution in [0.5, 0.6) is 5.75 Å². The maximum Gasteiger partial charge on any atom is 0.271 e. The fourth-order valence-corrected chi connectivity index (χ4v) is 1.46. The van der Waals surface area contributed by atoms with Crippen molar-refractivity contribution in [2.75, 3.05) is 24.9 Å². The van der Waals surface area contributed by atoms with E-state index in [1.54, 1.807) is 0 Å². The molecule has 6 nitrogen and oxygen atoms in total. The lowest BCUT2D eigenvalue weighted by Crippen LogP contribution is -2.27. The summed E-state index contributed by atoms with van der Waals surface area (Å²) in [7, 11) is 2.90. The zero-order valence-electron chi connectivity index (χ0n) is 9.34. The Morgan fingerprint density at radius 1 is 1.59 bits per heavy atom. The molecule has 0 heterocycles. The van der Waals surface area contributed by atoms with Crippen LogP contribution in [0.1, 0.15) is 0 Å². The van der Waals surface area contributed by atoms with Crippen molar-refractivity contribution in [3.8, 4) is 5.75 Å². The molecule has 0 unspecified atom stereocenters. The molecular formula is C10H11ClN2O4. The van der Waals surface area contributed by atoms with Crippen molar-refractivity contribution in [3.05, 3.63) is 28.3 Å². The number of alkyl halides is 1. The minimum atomic E-state index is -0.540. The monoisotopic (exact) mass is 258 g/mol. The number of non-ortho nitro benzene ring substituents is 1. The van der Waals surface area contributed by atoms with E-state index in [0.29, 0.717) is 11.4 Å². The van der Waals surface area contributed by atoms with Crippen LogP contribution >= 0.6 is 11.6 Å². The van der Waals surface area contributed by atoms with Crippen LogP contribution < -0.4 is 9.64 Å². The van der Waals surface area contributed by atoms with E-state index in [1.807, 2.05) is 0 Å². The number of methoxy groups -OCH3 is 1. The number of nitro groups is 1. The Morgan fingerprint density at radius 2 is 2.24 bits per heavy atom. The van der Waals surface area contributed by atoms with E-state index in [1.165, 1.54) is 37.3 Å². The molecule has 1 aromatic carbocycles. The van der Waals surface area contributed by atoms with Gasteiger partial charge < -0.3 is 9.64 Å². The number of hydrogen-bond donors (Lipinski definition) is 0. The van der Waals surface area contributed by atoms with E-state index in [4.69, 9.17) is 16.3 Å². The van der Waals surface area contributed by atoms with Gasteiger partial charge >= 0.3 is 0 Å². The van der Waals surface area contributed by atoms with E-state index < -0.39 is 4.92 Å². The normalized spacial score (nSPS) is 9.82. The molecule has 1 amide bonds. The number of benzene rings is 1. The Bertz CT molecular complexity index is 450. The summed E-state index contributed by atoms with van der Waals surface area (Å²) < 4.78 is 5.04. The zero-order valence-corrected chi connectivity index (χ0v) is 10.1. The fraction of sp³-hybridized carbons (Fsp3) is 0.300. The molecule has 92 valence electrons. The van der Waals surface area contributed by atoms with Gasteiger partial charge in [-0.25, -0.2) is 0 Å². The van der Waals surface area contributed by atoms with Crippen LogP contribution in [0.4, 0.5) is 11.4 Å². The minimum absolute atomic E-state index is 0.116. The summed E-state index contributed by atoms with van der Waals surface area (Å²) in [5.41, 5.74) is 0.197. The van der Waals surface area contributed by atoms with E-state index in [9.17, 15) is 14.9 Å².